The number of carbonyl (C=O) groups is 1. The largest absolute Gasteiger partial charge is 0.381 e. The summed E-state index contributed by atoms with van der Waals surface area (Å²) in [7, 11) is 0. The van der Waals surface area contributed by atoms with Crippen LogP contribution in [0.1, 0.15) is 13.3 Å². The van der Waals surface area contributed by atoms with Crippen LogP contribution in [0.4, 0.5) is 11.6 Å². The molecule has 0 atom stereocenters. The third-order valence-corrected chi connectivity index (χ3v) is 2.62. The van der Waals surface area contributed by atoms with Gasteiger partial charge in [-0.15, -0.1) is 0 Å². The van der Waals surface area contributed by atoms with Gasteiger partial charge in [0.15, 0.2) is 11.6 Å². The molecule has 0 saturated heterocycles. The lowest BCUT2D eigenvalue weighted by Crippen LogP contribution is -2.25. The molecule has 19 heavy (non-hydrogen) atoms. The standard InChI is InChI=1S/C13H17N5O/c1-2-15-11(19)7-8-16-13-12(14)17-9-5-3-4-6-10(9)18-13/h3-6H,2,7-8H2,1H3,(H2,14,17)(H,15,19)(H,16,18). The van der Waals surface area contributed by atoms with Crippen molar-refractivity contribution in [2.75, 3.05) is 24.1 Å². The summed E-state index contributed by atoms with van der Waals surface area (Å²) in [5.74, 6) is 0.861. The van der Waals surface area contributed by atoms with Crippen molar-refractivity contribution in [2.24, 2.45) is 0 Å². The van der Waals surface area contributed by atoms with E-state index in [0.29, 0.717) is 31.1 Å². The number of hydrogen-bond donors (Lipinski definition) is 3. The average molecular weight is 259 g/mol. The van der Waals surface area contributed by atoms with Crippen molar-refractivity contribution in [2.45, 2.75) is 13.3 Å². The van der Waals surface area contributed by atoms with E-state index >= 15 is 0 Å². The molecule has 0 radical (unpaired) electrons. The highest BCUT2D eigenvalue weighted by atomic mass is 16.1. The summed E-state index contributed by atoms with van der Waals surface area (Å²) < 4.78 is 0. The van der Waals surface area contributed by atoms with Crippen LogP contribution in [-0.4, -0.2) is 29.0 Å². The van der Waals surface area contributed by atoms with Crippen LogP contribution in [0, 0.1) is 0 Å². The fourth-order valence-electron chi connectivity index (χ4n) is 1.72. The van der Waals surface area contributed by atoms with Crippen LogP contribution in [0.25, 0.3) is 11.0 Å². The SMILES string of the molecule is CCNC(=O)CCNc1nc2ccccc2nc1N. The maximum Gasteiger partial charge on any atom is 0.221 e. The van der Waals surface area contributed by atoms with Crippen LogP contribution in [-0.2, 0) is 4.79 Å². The quantitative estimate of drug-likeness (QED) is 0.749. The van der Waals surface area contributed by atoms with Crippen LogP contribution in [0.2, 0.25) is 0 Å². The Morgan fingerprint density at radius 2 is 1.95 bits per heavy atom. The summed E-state index contributed by atoms with van der Waals surface area (Å²) in [6.45, 7) is 3.00. The second-order valence-electron chi connectivity index (χ2n) is 4.08. The zero-order valence-electron chi connectivity index (χ0n) is 10.8. The summed E-state index contributed by atoms with van der Waals surface area (Å²) >= 11 is 0. The number of carbonyl (C=O) groups excluding carboxylic acids is 1. The molecular formula is C13H17N5O. The topological polar surface area (TPSA) is 92.9 Å². The molecule has 0 unspecified atom stereocenters. The first-order valence-corrected chi connectivity index (χ1v) is 6.23. The van der Waals surface area contributed by atoms with E-state index in [0.717, 1.165) is 11.0 Å². The average Bonchev–Trinajstić information content (AvgIpc) is 2.39. The molecular weight excluding hydrogens is 242 g/mol. The Morgan fingerprint density at radius 3 is 2.63 bits per heavy atom. The Balaban J connectivity index is 2.04. The fraction of sp³-hybridized carbons (Fsp3) is 0.308. The predicted molar refractivity (Wildman–Crippen MR) is 75.7 cm³/mol. The third kappa shape index (κ3) is 3.31. The van der Waals surface area contributed by atoms with Crippen LogP contribution in [0.3, 0.4) is 0 Å². The molecule has 1 amide bonds. The molecule has 2 rings (SSSR count). The first-order valence-electron chi connectivity index (χ1n) is 6.23. The molecule has 0 fully saturated rings. The van der Waals surface area contributed by atoms with Crippen LogP contribution in [0.5, 0.6) is 0 Å². The minimum Gasteiger partial charge on any atom is -0.381 e. The van der Waals surface area contributed by atoms with E-state index in [1.54, 1.807) is 0 Å². The van der Waals surface area contributed by atoms with Crippen molar-refractivity contribution in [1.82, 2.24) is 15.3 Å². The monoisotopic (exact) mass is 259 g/mol. The van der Waals surface area contributed by atoms with Crippen LogP contribution in [0.15, 0.2) is 24.3 Å². The van der Waals surface area contributed by atoms with E-state index in [-0.39, 0.29) is 5.91 Å². The van der Waals surface area contributed by atoms with Gasteiger partial charge in [0, 0.05) is 19.5 Å². The number of nitrogens with one attached hydrogen (secondary N) is 2. The van der Waals surface area contributed by atoms with Crippen LogP contribution < -0.4 is 16.4 Å². The van der Waals surface area contributed by atoms with E-state index in [1.165, 1.54) is 0 Å². The number of fused-ring (bicyclic) bond motifs is 1. The van der Waals surface area contributed by atoms with E-state index in [1.807, 2.05) is 31.2 Å². The van der Waals surface area contributed by atoms with Crippen molar-refractivity contribution in [1.29, 1.82) is 0 Å². The molecule has 0 saturated carbocycles. The number of nitrogens with zero attached hydrogens (tertiary/aromatic N) is 2. The summed E-state index contributed by atoms with van der Waals surface area (Å²) in [5, 5.41) is 5.76. The maximum atomic E-state index is 11.3. The van der Waals surface area contributed by atoms with Gasteiger partial charge in [0.1, 0.15) is 0 Å². The molecule has 0 spiro atoms. The van der Waals surface area contributed by atoms with Gasteiger partial charge in [-0.3, -0.25) is 4.79 Å². The number of aromatic nitrogens is 2. The van der Waals surface area contributed by atoms with Gasteiger partial charge in [0.25, 0.3) is 0 Å². The minimum absolute atomic E-state index is 0.00215. The van der Waals surface area contributed by atoms with Gasteiger partial charge in [-0.2, -0.15) is 0 Å². The number of para-hydroxylation sites is 2. The van der Waals surface area contributed by atoms with E-state index < -0.39 is 0 Å². The number of hydrogen-bond acceptors (Lipinski definition) is 5. The number of anilines is 2. The second-order valence-corrected chi connectivity index (χ2v) is 4.08. The molecule has 0 aliphatic rings. The lowest BCUT2D eigenvalue weighted by atomic mass is 10.3. The van der Waals surface area contributed by atoms with Gasteiger partial charge in [-0.05, 0) is 19.1 Å². The molecule has 6 nitrogen and oxygen atoms in total. The number of nitrogens with two attached hydrogens (primary N) is 1. The molecule has 0 aliphatic heterocycles. The number of amides is 1. The first-order chi connectivity index (χ1) is 9.20. The highest BCUT2D eigenvalue weighted by Crippen LogP contribution is 2.17. The number of benzene rings is 1. The molecule has 1 aromatic carbocycles. The molecule has 4 N–H and O–H groups in total. The Kier molecular flexibility index (Phi) is 4.12. The molecule has 0 bridgehead atoms. The predicted octanol–water partition coefficient (Wildman–Crippen LogP) is 1.15. The second kappa shape index (κ2) is 5.99. The zero-order chi connectivity index (χ0) is 13.7. The van der Waals surface area contributed by atoms with Gasteiger partial charge < -0.3 is 16.4 Å². The molecule has 100 valence electrons. The van der Waals surface area contributed by atoms with Gasteiger partial charge in [-0.1, -0.05) is 12.1 Å². The van der Waals surface area contributed by atoms with Gasteiger partial charge >= 0.3 is 0 Å². The Labute approximate surface area is 111 Å². The number of nitrogen functional groups attached to an aromatic ring is 1. The zero-order valence-corrected chi connectivity index (χ0v) is 10.8. The van der Waals surface area contributed by atoms with Crippen molar-refractivity contribution in [3.8, 4) is 0 Å². The van der Waals surface area contributed by atoms with Crippen LogP contribution >= 0.6 is 0 Å². The number of rotatable bonds is 5. The molecule has 1 aromatic heterocycles. The summed E-state index contributed by atoms with van der Waals surface area (Å²) in [4.78, 5) is 20.0. The molecule has 2 aromatic rings. The fourth-order valence-corrected chi connectivity index (χ4v) is 1.72. The lowest BCUT2D eigenvalue weighted by molar-refractivity contribution is -0.120. The first kappa shape index (κ1) is 13.1. The highest BCUT2D eigenvalue weighted by molar-refractivity contribution is 5.80. The van der Waals surface area contributed by atoms with Gasteiger partial charge in [0.2, 0.25) is 5.91 Å². The van der Waals surface area contributed by atoms with Crippen molar-refractivity contribution in [3.63, 3.8) is 0 Å². The molecule has 1 heterocycles. The smallest absolute Gasteiger partial charge is 0.221 e. The molecule has 6 heteroatoms. The Hall–Kier alpha value is -2.37. The Morgan fingerprint density at radius 1 is 1.26 bits per heavy atom. The highest BCUT2D eigenvalue weighted by Gasteiger charge is 2.06. The van der Waals surface area contributed by atoms with Crippen molar-refractivity contribution in [3.05, 3.63) is 24.3 Å². The van der Waals surface area contributed by atoms with Crippen molar-refractivity contribution >= 4 is 28.6 Å². The minimum atomic E-state index is 0.00215. The summed E-state index contributed by atoms with van der Waals surface area (Å²) in [6, 6.07) is 7.51. The lowest BCUT2D eigenvalue weighted by Gasteiger charge is -2.08. The van der Waals surface area contributed by atoms with Gasteiger partial charge in [0.05, 0.1) is 11.0 Å². The normalized spacial score (nSPS) is 10.4. The van der Waals surface area contributed by atoms with E-state index in [4.69, 9.17) is 5.73 Å². The summed E-state index contributed by atoms with van der Waals surface area (Å²) in [6.07, 6.45) is 0.377. The third-order valence-electron chi connectivity index (χ3n) is 2.62. The van der Waals surface area contributed by atoms with E-state index in [9.17, 15) is 4.79 Å². The van der Waals surface area contributed by atoms with Crippen molar-refractivity contribution < 1.29 is 4.79 Å². The maximum absolute atomic E-state index is 11.3. The van der Waals surface area contributed by atoms with E-state index in [2.05, 4.69) is 20.6 Å². The Bertz CT molecular complexity index is 584. The molecule has 0 aliphatic carbocycles. The van der Waals surface area contributed by atoms with Gasteiger partial charge in [-0.25, -0.2) is 9.97 Å². The summed E-state index contributed by atoms with van der Waals surface area (Å²) in [5.41, 5.74) is 7.36.